The number of imidazole rings is 1. The first-order chi connectivity index (χ1) is 30.8. The number of hydrogen-bond acceptors (Lipinski definition) is 8. The Labute approximate surface area is 373 Å². The fourth-order valence-electron chi connectivity index (χ4n) is 11.8. The summed E-state index contributed by atoms with van der Waals surface area (Å²) in [6, 6.07) is 24.5. The Morgan fingerprint density at radius 3 is 1.83 bits per heavy atom. The van der Waals surface area contributed by atoms with E-state index in [1.165, 1.54) is 14.2 Å². The Morgan fingerprint density at radius 2 is 1.27 bits per heavy atom. The molecule has 4 bridgehead atoms. The smallest absolute Gasteiger partial charge is 0.407 e. The summed E-state index contributed by atoms with van der Waals surface area (Å²) in [5.41, 5.74) is 8.24. The van der Waals surface area contributed by atoms with Gasteiger partial charge in [-0.15, -0.1) is 0 Å². The molecule has 3 aliphatic heterocycles. The predicted molar refractivity (Wildman–Crippen MR) is 246 cm³/mol. The highest BCUT2D eigenvalue weighted by molar-refractivity contribution is 6.07. The molecule has 2 saturated heterocycles. The molecule has 4 heterocycles. The van der Waals surface area contributed by atoms with Crippen molar-refractivity contribution in [1.82, 2.24) is 30.4 Å². The van der Waals surface area contributed by atoms with Gasteiger partial charge in [-0.25, -0.2) is 14.6 Å². The number of nitrogens with one attached hydrogen (secondary N) is 3. The largest absolute Gasteiger partial charge is 0.453 e. The zero-order valence-corrected chi connectivity index (χ0v) is 37.5. The lowest BCUT2D eigenvalue weighted by Gasteiger charge is -2.41. The van der Waals surface area contributed by atoms with Crippen molar-refractivity contribution in [3.05, 3.63) is 84.2 Å². The van der Waals surface area contributed by atoms with Crippen LogP contribution in [0.1, 0.15) is 77.6 Å². The third-order valence-electron chi connectivity index (χ3n) is 15.1. The SMILES string of the molecule is COC(=O)N[C@H](C(=O)N1C[C@@H]2CC[C@@]1(C1=Nc3cc(-c4cccc5c(-c6ccc7nc([C@@]89CC[C@@H](CN8C(=O)[C@@H](NC(=O)OC)C(C)C)C9)[nH]c7c6)cccc45)ccc3C1)C2)C(C)C. The number of aliphatic imine (C=N–C) groups is 1. The number of ether oxygens (including phenoxy) is 2. The van der Waals surface area contributed by atoms with Gasteiger partial charge in [0.2, 0.25) is 11.8 Å². The average Bonchev–Trinajstić information content (AvgIpc) is 4.17. The van der Waals surface area contributed by atoms with E-state index in [1.807, 2.05) is 37.5 Å². The third-order valence-corrected chi connectivity index (χ3v) is 15.1. The number of amides is 4. The molecule has 64 heavy (non-hydrogen) atoms. The van der Waals surface area contributed by atoms with Crippen molar-refractivity contribution >= 4 is 57.2 Å². The predicted octanol–water partition coefficient (Wildman–Crippen LogP) is 8.66. The Balaban J connectivity index is 0.943. The fourth-order valence-corrected chi connectivity index (χ4v) is 11.8. The summed E-state index contributed by atoms with van der Waals surface area (Å²) in [5, 5.41) is 7.84. The molecule has 0 spiro atoms. The molecule has 6 atom stereocenters. The second kappa shape index (κ2) is 15.8. The van der Waals surface area contributed by atoms with E-state index in [0.29, 0.717) is 31.3 Å². The first-order valence-electron chi connectivity index (χ1n) is 22.9. The van der Waals surface area contributed by atoms with Gasteiger partial charge in [0, 0.05) is 25.2 Å². The molecule has 3 N–H and O–H groups in total. The third kappa shape index (κ3) is 6.72. The molecule has 10 rings (SSSR count). The van der Waals surface area contributed by atoms with Crippen molar-refractivity contribution in [3.63, 3.8) is 0 Å². The van der Waals surface area contributed by atoms with Gasteiger partial charge in [-0.1, -0.05) is 82.3 Å². The molecule has 5 aliphatic rings. The van der Waals surface area contributed by atoms with Crippen LogP contribution >= 0.6 is 0 Å². The van der Waals surface area contributed by atoms with Crippen LogP contribution in [0.5, 0.6) is 0 Å². The van der Waals surface area contributed by atoms with Crippen LogP contribution in [0.4, 0.5) is 15.3 Å². The number of rotatable bonds is 10. The molecular formula is C51H57N7O6. The maximum Gasteiger partial charge on any atom is 0.407 e. The maximum atomic E-state index is 14.2. The number of aromatic amines is 1. The molecule has 5 aromatic rings. The summed E-state index contributed by atoms with van der Waals surface area (Å²) in [5.74, 6) is 1.22. The van der Waals surface area contributed by atoms with E-state index in [1.54, 1.807) is 0 Å². The summed E-state index contributed by atoms with van der Waals surface area (Å²) < 4.78 is 9.74. The van der Waals surface area contributed by atoms with Crippen molar-refractivity contribution in [3.8, 4) is 22.3 Å². The van der Waals surface area contributed by atoms with E-state index in [-0.39, 0.29) is 23.7 Å². The summed E-state index contributed by atoms with van der Waals surface area (Å²) in [4.78, 5) is 70.9. The van der Waals surface area contributed by atoms with E-state index >= 15 is 0 Å². The molecule has 13 nitrogen and oxygen atoms in total. The molecule has 4 aromatic carbocycles. The number of carbonyl (C=O) groups is 4. The van der Waals surface area contributed by atoms with Gasteiger partial charge in [0.25, 0.3) is 0 Å². The summed E-state index contributed by atoms with van der Waals surface area (Å²) >= 11 is 0. The minimum absolute atomic E-state index is 0.0640. The number of nitrogens with zero attached hydrogens (tertiary/aromatic N) is 4. The van der Waals surface area contributed by atoms with Crippen LogP contribution in [0.25, 0.3) is 44.1 Å². The molecular weight excluding hydrogens is 807 g/mol. The number of methoxy groups -OCH3 is 2. The van der Waals surface area contributed by atoms with Crippen LogP contribution in [-0.4, -0.2) is 94.4 Å². The number of piperidine rings is 2. The Bertz CT molecular complexity index is 2760. The van der Waals surface area contributed by atoms with E-state index in [4.69, 9.17) is 19.5 Å². The van der Waals surface area contributed by atoms with Crippen molar-refractivity contribution in [2.45, 2.75) is 95.8 Å². The standard InChI is InChI=1S/C51H57N7O6/c1-28(2)43(55-48(61)63-5)45(59)57-26-30-17-19-50(57,24-30)42-23-34-14-13-32(21-40(34)52-42)35-9-7-12-38-36(10-8-11-37(35)38)33-15-16-39-41(22-33)54-47(53-39)51-20-18-31(25-51)27-58(51)46(60)44(29(3)4)56-49(62)64-6/h7-16,21-22,28-31,43-44H,17-20,23-27H2,1-6H3,(H,53,54)(H,55,61)(H,56,62)/t30-,31-,43+,44+,50+,51+/m1/s1. The highest BCUT2D eigenvalue weighted by atomic mass is 16.5. The second-order valence-electron chi connectivity index (χ2n) is 19.5. The number of benzene rings is 4. The van der Waals surface area contributed by atoms with E-state index < -0.39 is 35.3 Å². The molecule has 13 heteroatoms. The van der Waals surface area contributed by atoms with E-state index in [0.717, 1.165) is 105 Å². The minimum Gasteiger partial charge on any atom is -0.453 e. The molecule has 4 amide bonds. The van der Waals surface area contributed by atoms with Crippen molar-refractivity contribution in [2.24, 2.45) is 28.7 Å². The maximum absolute atomic E-state index is 14.2. The van der Waals surface area contributed by atoms with Gasteiger partial charge in [0.1, 0.15) is 23.4 Å². The molecule has 0 unspecified atom stereocenters. The summed E-state index contributed by atoms with van der Waals surface area (Å²) in [6.45, 7) is 9.09. The average molecular weight is 864 g/mol. The van der Waals surface area contributed by atoms with Gasteiger partial charge < -0.3 is 34.9 Å². The highest BCUT2D eigenvalue weighted by Crippen LogP contribution is 2.53. The number of alkyl carbamates (subject to hydrolysis) is 2. The van der Waals surface area contributed by atoms with Crippen LogP contribution in [0.3, 0.4) is 0 Å². The number of H-pyrrole nitrogens is 1. The molecule has 1 aromatic heterocycles. The first-order valence-corrected chi connectivity index (χ1v) is 22.9. The quantitative estimate of drug-likeness (QED) is 0.127. The van der Waals surface area contributed by atoms with Crippen LogP contribution in [0.15, 0.2) is 77.8 Å². The lowest BCUT2D eigenvalue weighted by molar-refractivity contribution is -0.140. The normalized spacial score (nSPS) is 24.1. The molecule has 4 fully saturated rings. The molecule has 2 saturated carbocycles. The molecule has 2 aliphatic carbocycles. The van der Waals surface area contributed by atoms with Gasteiger partial charge in [0.05, 0.1) is 36.5 Å². The number of likely N-dealkylation sites (tertiary alicyclic amines) is 2. The lowest BCUT2D eigenvalue weighted by Crippen LogP contribution is -2.60. The first kappa shape index (κ1) is 41.8. The van der Waals surface area contributed by atoms with E-state index in [9.17, 15) is 19.2 Å². The van der Waals surface area contributed by atoms with Crippen LogP contribution in [0.2, 0.25) is 0 Å². The van der Waals surface area contributed by atoms with Crippen LogP contribution in [0, 0.1) is 23.7 Å². The van der Waals surface area contributed by atoms with Crippen molar-refractivity contribution in [1.29, 1.82) is 0 Å². The summed E-state index contributed by atoms with van der Waals surface area (Å²) in [6.07, 6.45) is 4.99. The Morgan fingerprint density at radius 1 is 0.719 bits per heavy atom. The fraction of sp³-hybridized carbons (Fsp3) is 0.451. The number of aromatic nitrogens is 2. The monoisotopic (exact) mass is 863 g/mol. The van der Waals surface area contributed by atoms with Gasteiger partial charge in [0.15, 0.2) is 0 Å². The topological polar surface area (TPSA) is 158 Å². The molecule has 0 radical (unpaired) electrons. The van der Waals surface area contributed by atoms with E-state index in [2.05, 4.69) is 88.4 Å². The number of fused-ring (bicyclic) bond motifs is 7. The minimum atomic E-state index is -0.699. The van der Waals surface area contributed by atoms with Gasteiger partial charge in [-0.2, -0.15) is 0 Å². The zero-order valence-electron chi connectivity index (χ0n) is 37.5. The van der Waals surface area contributed by atoms with Crippen molar-refractivity contribution in [2.75, 3.05) is 27.3 Å². The van der Waals surface area contributed by atoms with Crippen LogP contribution in [-0.2, 0) is 31.0 Å². The van der Waals surface area contributed by atoms with Gasteiger partial charge in [-0.3, -0.25) is 14.6 Å². The summed E-state index contributed by atoms with van der Waals surface area (Å²) in [7, 11) is 2.63. The zero-order chi connectivity index (χ0) is 44.7. The Kier molecular flexibility index (Phi) is 10.3. The number of carbonyl (C=O) groups excluding carboxylic acids is 4. The highest BCUT2D eigenvalue weighted by Gasteiger charge is 2.58. The van der Waals surface area contributed by atoms with Crippen molar-refractivity contribution < 1.29 is 28.7 Å². The Hall–Kier alpha value is -6.24. The van der Waals surface area contributed by atoms with Crippen LogP contribution < -0.4 is 10.6 Å². The lowest BCUT2D eigenvalue weighted by atomic mass is 9.86. The molecule has 332 valence electrons. The second-order valence-corrected chi connectivity index (χ2v) is 19.5. The number of hydrogen-bond donors (Lipinski definition) is 3. The van der Waals surface area contributed by atoms with Gasteiger partial charge in [-0.05, 0) is 119 Å². The van der Waals surface area contributed by atoms with Gasteiger partial charge >= 0.3 is 12.2 Å².